The average Bonchev–Trinajstić information content (AvgIpc) is 2.19. The van der Waals surface area contributed by atoms with Crippen molar-refractivity contribution < 1.29 is 14.6 Å². The summed E-state index contributed by atoms with van der Waals surface area (Å²) in [6, 6.07) is 7.26. The third-order valence-corrected chi connectivity index (χ3v) is 2.22. The number of carbonyl (C=O) groups is 1. The van der Waals surface area contributed by atoms with Gasteiger partial charge in [-0.15, -0.1) is 0 Å². The van der Waals surface area contributed by atoms with Crippen LogP contribution in [0.5, 0.6) is 5.75 Å². The van der Waals surface area contributed by atoms with Crippen LogP contribution < -0.4 is 10.1 Å². The molecule has 0 fully saturated rings. The highest BCUT2D eigenvalue weighted by molar-refractivity contribution is 5.81. The summed E-state index contributed by atoms with van der Waals surface area (Å²) in [6.45, 7) is 7.15. The second-order valence-corrected chi connectivity index (χ2v) is 4.75. The number of anilines is 1. The lowest BCUT2D eigenvalue weighted by atomic mass is 10.1. The molecule has 0 atom stereocenters. The Morgan fingerprint density at radius 1 is 1.29 bits per heavy atom. The fourth-order valence-corrected chi connectivity index (χ4v) is 1.30. The minimum atomic E-state index is -0.986. The molecule has 0 amide bonds. The van der Waals surface area contributed by atoms with Crippen molar-refractivity contribution in [2.45, 2.75) is 39.3 Å². The van der Waals surface area contributed by atoms with Gasteiger partial charge in [0.25, 0.3) is 0 Å². The first kappa shape index (κ1) is 13.4. The van der Waals surface area contributed by atoms with Gasteiger partial charge in [0.2, 0.25) is 0 Å². The number of carboxylic acid groups (broad SMARTS) is 1. The van der Waals surface area contributed by atoms with E-state index in [1.54, 1.807) is 13.8 Å². The smallest absolute Gasteiger partial charge is 0.328 e. The lowest BCUT2D eigenvalue weighted by Gasteiger charge is -2.22. The Labute approximate surface area is 102 Å². The van der Waals surface area contributed by atoms with E-state index in [4.69, 9.17) is 9.84 Å². The molecule has 0 aliphatic heterocycles. The maximum Gasteiger partial charge on any atom is 0.328 e. The van der Waals surface area contributed by atoms with Gasteiger partial charge in [0.05, 0.1) is 6.10 Å². The molecule has 94 valence electrons. The molecule has 1 aromatic rings. The molecule has 1 rings (SSSR count). The summed E-state index contributed by atoms with van der Waals surface area (Å²) in [5, 5.41) is 11.9. The van der Waals surface area contributed by atoms with Crippen LogP contribution in [-0.4, -0.2) is 22.7 Å². The fraction of sp³-hybridized carbons (Fsp3) is 0.462. The summed E-state index contributed by atoms with van der Waals surface area (Å²) in [6.07, 6.45) is 0.129. The quantitative estimate of drug-likeness (QED) is 0.826. The Hall–Kier alpha value is -1.71. The van der Waals surface area contributed by atoms with Crippen molar-refractivity contribution in [1.29, 1.82) is 0 Å². The topological polar surface area (TPSA) is 58.6 Å². The number of ether oxygens (including phenoxy) is 1. The van der Waals surface area contributed by atoms with Crippen LogP contribution in [0, 0.1) is 0 Å². The van der Waals surface area contributed by atoms with Crippen LogP contribution in [0.2, 0.25) is 0 Å². The zero-order valence-corrected chi connectivity index (χ0v) is 10.7. The molecular weight excluding hydrogens is 218 g/mol. The van der Waals surface area contributed by atoms with E-state index in [1.807, 2.05) is 38.1 Å². The molecule has 1 aromatic carbocycles. The van der Waals surface area contributed by atoms with Gasteiger partial charge in [-0.1, -0.05) is 0 Å². The number of benzene rings is 1. The second kappa shape index (κ2) is 5.08. The summed E-state index contributed by atoms with van der Waals surface area (Å²) >= 11 is 0. The molecule has 0 heterocycles. The van der Waals surface area contributed by atoms with Crippen LogP contribution in [0.1, 0.15) is 27.7 Å². The van der Waals surface area contributed by atoms with E-state index in [0.29, 0.717) is 0 Å². The molecule has 0 aromatic heterocycles. The highest BCUT2D eigenvalue weighted by Gasteiger charge is 2.26. The zero-order chi connectivity index (χ0) is 13.1. The van der Waals surface area contributed by atoms with E-state index >= 15 is 0 Å². The standard InChI is InChI=1S/C13H19NO3/c1-9(2)17-11-7-5-10(6-8-11)14-13(3,4)12(15)16/h5-9,14H,1-4H3,(H,15,16). The van der Waals surface area contributed by atoms with Gasteiger partial charge in [-0.2, -0.15) is 0 Å². The number of hydrogen-bond acceptors (Lipinski definition) is 3. The monoisotopic (exact) mass is 237 g/mol. The van der Waals surface area contributed by atoms with E-state index in [9.17, 15) is 4.79 Å². The molecule has 0 aliphatic rings. The van der Waals surface area contributed by atoms with Gasteiger partial charge in [-0.05, 0) is 52.0 Å². The first-order valence-corrected chi connectivity index (χ1v) is 5.59. The summed E-state index contributed by atoms with van der Waals surface area (Å²) < 4.78 is 5.50. The van der Waals surface area contributed by atoms with Gasteiger partial charge in [0.15, 0.2) is 0 Å². The lowest BCUT2D eigenvalue weighted by Crippen LogP contribution is -2.39. The summed E-state index contributed by atoms with van der Waals surface area (Å²) in [4.78, 5) is 11.0. The van der Waals surface area contributed by atoms with E-state index in [-0.39, 0.29) is 6.10 Å². The van der Waals surface area contributed by atoms with Gasteiger partial charge in [-0.3, -0.25) is 0 Å². The van der Waals surface area contributed by atoms with Crippen molar-refractivity contribution >= 4 is 11.7 Å². The first-order valence-electron chi connectivity index (χ1n) is 5.59. The van der Waals surface area contributed by atoms with Crippen LogP contribution in [0.4, 0.5) is 5.69 Å². The summed E-state index contributed by atoms with van der Waals surface area (Å²) in [5.74, 6) is -0.112. The number of hydrogen-bond donors (Lipinski definition) is 2. The zero-order valence-electron chi connectivity index (χ0n) is 10.7. The summed E-state index contributed by atoms with van der Waals surface area (Å²) in [5.41, 5.74) is -0.228. The van der Waals surface area contributed by atoms with Gasteiger partial charge in [-0.25, -0.2) is 4.79 Å². The molecule has 0 bridgehead atoms. The van der Waals surface area contributed by atoms with Crippen molar-refractivity contribution in [3.05, 3.63) is 24.3 Å². The Morgan fingerprint density at radius 3 is 2.24 bits per heavy atom. The minimum absolute atomic E-state index is 0.129. The Kier molecular flexibility index (Phi) is 3.99. The third-order valence-electron chi connectivity index (χ3n) is 2.22. The molecule has 4 nitrogen and oxygen atoms in total. The Balaban J connectivity index is 2.72. The largest absolute Gasteiger partial charge is 0.491 e. The maximum atomic E-state index is 11.0. The Bertz CT molecular complexity index is 382. The van der Waals surface area contributed by atoms with Crippen LogP contribution in [-0.2, 0) is 4.79 Å². The van der Waals surface area contributed by atoms with Crippen molar-refractivity contribution in [2.24, 2.45) is 0 Å². The molecule has 0 saturated heterocycles. The number of carboxylic acids is 1. The molecule has 0 aliphatic carbocycles. The van der Waals surface area contributed by atoms with Gasteiger partial charge < -0.3 is 15.2 Å². The van der Waals surface area contributed by atoms with E-state index < -0.39 is 11.5 Å². The lowest BCUT2D eigenvalue weighted by molar-refractivity contribution is -0.141. The van der Waals surface area contributed by atoms with Crippen LogP contribution in [0.25, 0.3) is 0 Å². The van der Waals surface area contributed by atoms with E-state index in [0.717, 1.165) is 11.4 Å². The number of nitrogens with one attached hydrogen (secondary N) is 1. The molecule has 0 unspecified atom stereocenters. The highest BCUT2D eigenvalue weighted by Crippen LogP contribution is 2.20. The van der Waals surface area contributed by atoms with Gasteiger partial charge in [0.1, 0.15) is 11.3 Å². The normalized spacial score (nSPS) is 11.4. The van der Waals surface area contributed by atoms with Crippen LogP contribution in [0.3, 0.4) is 0 Å². The van der Waals surface area contributed by atoms with Crippen LogP contribution >= 0.6 is 0 Å². The highest BCUT2D eigenvalue weighted by atomic mass is 16.5. The van der Waals surface area contributed by atoms with Gasteiger partial charge >= 0.3 is 5.97 Å². The predicted octanol–water partition coefficient (Wildman–Crippen LogP) is 2.75. The molecule has 2 N–H and O–H groups in total. The minimum Gasteiger partial charge on any atom is -0.491 e. The predicted molar refractivity (Wildman–Crippen MR) is 67.5 cm³/mol. The Morgan fingerprint density at radius 2 is 1.82 bits per heavy atom. The molecule has 0 saturated carbocycles. The van der Waals surface area contributed by atoms with E-state index in [1.165, 1.54) is 0 Å². The second-order valence-electron chi connectivity index (χ2n) is 4.75. The molecule has 0 radical (unpaired) electrons. The van der Waals surface area contributed by atoms with Crippen LogP contribution in [0.15, 0.2) is 24.3 Å². The maximum absolute atomic E-state index is 11.0. The average molecular weight is 237 g/mol. The number of rotatable bonds is 5. The fourth-order valence-electron chi connectivity index (χ4n) is 1.30. The van der Waals surface area contributed by atoms with Crippen molar-refractivity contribution in [3.63, 3.8) is 0 Å². The SMILES string of the molecule is CC(C)Oc1ccc(NC(C)(C)C(=O)O)cc1. The number of aliphatic carboxylic acids is 1. The van der Waals surface area contributed by atoms with Gasteiger partial charge in [0, 0.05) is 5.69 Å². The first-order chi connectivity index (χ1) is 7.81. The summed E-state index contributed by atoms with van der Waals surface area (Å²) in [7, 11) is 0. The van der Waals surface area contributed by atoms with Crippen molar-refractivity contribution in [3.8, 4) is 5.75 Å². The third kappa shape index (κ3) is 3.98. The van der Waals surface area contributed by atoms with Crippen molar-refractivity contribution in [1.82, 2.24) is 0 Å². The molecule has 0 spiro atoms. The van der Waals surface area contributed by atoms with E-state index in [2.05, 4.69) is 5.32 Å². The molecule has 4 heteroatoms. The molecular formula is C13H19NO3. The van der Waals surface area contributed by atoms with Crippen molar-refractivity contribution in [2.75, 3.05) is 5.32 Å². The molecule has 17 heavy (non-hydrogen) atoms.